The van der Waals surface area contributed by atoms with E-state index in [4.69, 9.17) is 9.26 Å². The fraction of sp³-hybridized carbons (Fsp3) is 0.571. The largest absolute Gasteiger partial charge is 0.452 e. The number of ether oxygens (including phenoxy) is 1. The van der Waals surface area contributed by atoms with Crippen LogP contribution in [0.25, 0.3) is 0 Å². The second-order valence-electron chi connectivity index (χ2n) is 7.53. The van der Waals surface area contributed by atoms with Crippen LogP contribution in [0.4, 0.5) is 0 Å². The molecule has 0 bridgehead atoms. The highest BCUT2D eigenvalue weighted by Crippen LogP contribution is 2.29. The van der Waals surface area contributed by atoms with Gasteiger partial charge in [0, 0.05) is 13.0 Å². The van der Waals surface area contributed by atoms with Crippen molar-refractivity contribution in [3.05, 3.63) is 39.5 Å². The molecule has 1 aromatic heterocycles. The van der Waals surface area contributed by atoms with Gasteiger partial charge in [-0.2, -0.15) is 4.98 Å². The van der Waals surface area contributed by atoms with Crippen LogP contribution in [0.1, 0.15) is 72.3 Å². The Morgan fingerprint density at radius 1 is 1.07 bits per heavy atom. The average molecular weight is 438 g/mol. The van der Waals surface area contributed by atoms with Crippen LogP contribution in [0.3, 0.4) is 0 Å². The molecule has 0 aliphatic heterocycles. The van der Waals surface area contributed by atoms with Crippen molar-refractivity contribution in [3.63, 3.8) is 0 Å². The second kappa shape index (κ2) is 9.70. The van der Waals surface area contributed by atoms with Crippen molar-refractivity contribution in [3.8, 4) is 0 Å². The number of nitrogens with one attached hydrogen (secondary N) is 1. The molecular formula is C21H31N3O5S. The smallest absolute Gasteiger partial charge is 0.307 e. The van der Waals surface area contributed by atoms with Crippen LogP contribution in [-0.4, -0.2) is 31.1 Å². The van der Waals surface area contributed by atoms with Crippen molar-refractivity contribution >= 4 is 16.0 Å². The third kappa shape index (κ3) is 5.26. The summed E-state index contributed by atoms with van der Waals surface area (Å²) >= 11 is 0. The van der Waals surface area contributed by atoms with Gasteiger partial charge in [-0.15, -0.1) is 0 Å². The Balaban J connectivity index is 1.99. The lowest BCUT2D eigenvalue weighted by atomic mass is 9.95. The molecule has 9 heteroatoms. The van der Waals surface area contributed by atoms with Gasteiger partial charge in [-0.1, -0.05) is 12.1 Å². The summed E-state index contributed by atoms with van der Waals surface area (Å²) in [7, 11) is -3.76. The summed E-state index contributed by atoms with van der Waals surface area (Å²) in [4.78, 5) is 16.6. The summed E-state index contributed by atoms with van der Waals surface area (Å²) in [6.45, 7) is 13.0. The lowest BCUT2D eigenvalue weighted by Crippen LogP contribution is -2.28. The zero-order chi connectivity index (χ0) is 22.6. The number of nitrogens with zero attached hydrogens (tertiary/aromatic N) is 2. The summed E-state index contributed by atoms with van der Waals surface area (Å²) in [5, 5.41) is 3.83. The molecule has 8 nitrogen and oxygen atoms in total. The molecule has 0 radical (unpaired) electrons. The van der Waals surface area contributed by atoms with E-state index in [2.05, 4.69) is 14.9 Å². The van der Waals surface area contributed by atoms with E-state index < -0.39 is 22.1 Å². The Labute approximate surface area is 178 Å². The number of aryl methyl sites for hydroxylation is 1. The van der Waals surface area contributed by atoms with E-state index in [0.717, 1.165) is 34.2 Å². The van der Waals surface area contributed by atoms with Crippen LogP contribution in [0, 0.1) is 34.6 Å². The third-order valence-electron chi connectivity index (χ3n) is 5.43. The maximum absolute atomic E-state index is 12.9. The van der Waals surface area contributed by atoms with Crippen LogP contribution in [-0.2, 0) is 26.0 Å². The van der Waals surface area contributed by atoms with E-state index >= 15 is 0 Å². The molecule has 0 saturated heterocycles. The van der Waals surface area contributed by atoms with Crippen molar-refractivity contribution in [1.29, 1.82) is 0 Å². The number of aromatic nitrogens is 2. The molecule has 0 spiro atoms. The molecule has 1 N–H and O–H groups in total. The first-order valence-corrected chi connectivity index (χ1v) is 11.6. The molecule has 0 amide bonds. The zero-order valence-electron chi connectivity index (χ0n) is 18.7. The van der Waals surface area contributed by atoms with Crippen molar-refractivity contribution in [1.82, 2.24) is 14.9 Å². The topological polar surface area (TPSA) is 111 Å². The summed E-state index contributed by atoms with van der Waals surface area (Å²) in [6, 6.07) is 0. The first-order chi connectivity index (χ1) is 14.0. The average Bonchev–Trinajstić information content (AvgIpc) is 3.13. The fourth-order valence-electron chi connectivity index (χ4n) is 3.29. The van der Waals surface area contributed by atoms with Gasteiger partial charge >= 0.3 is 5.97 Å². The molecule has 30 heavy (non-hydrogen) atoms. The third-order valence-corrected chi connectivity index (χ3v) is 7.17. The molecule has 1 heterocycles. The lowest BCUT2D eigenvalue weighted by molar-refractivity contribution is -0.149. The highest BCUT2D eigenvalue weighted by molar-refractivity contribution is 7.89. The van der Waals surface area contributed by atoms with E-state index in [0.29, 0.717) is 12.2 Å². The minimum atomic E-state index is -3.76. The number of benzene rings is 1. The minimum absolute atomic E-state index is 0.0658. The highest BCUT2D eigenvalue weighted by Gasteiger charge is 2.24. The van der Waals surface area contributed by atoms with Gasteiger partial charge in [0.15, 0.2) is 11.9 Å². The van der Waals surface area contributed by atoms with Gasteiger partial charge in [0.1, 0.15) is 0 Å². The van der Waals surface area contributed by atoms with Gasteiger partial charge in [0.05, 0.1) is 11.3 Å². The molecule has 0 fully saturated rings. The quantitative estimate of drug-likeness (QED) is 0.597. The predicted octanol–water partition coefficient (Wildman–Crippen LogP) is 3.54. The van der Waals surface area contributed by atoms with Gasteiger partial charge < -0.3 is 9.26 Å². The molecule has 166 valence electrons. The van der Waals surface area contributed by atoms with Crippen LogP contribution < -0.4 is 4.72 Å². The summed E-state index contributed by atoms with van der Waals surface area (Å²) < 4.78 is 38.7. The van der Waals surface area contributed by atoms with E-state index in [1.54, 1.807) is 20.8 Å². The van der Waals surface area contributed by atoms with Crippen molar-refractivity contribution in [2.24, 2.45) is 0 Å². The normalized spacial score (nSPS) is 12.8. The molecule has 2 aromatic rings. The number of esters is 1. The molecule has 1 aromatic carbocycles. The van der Waals surface area contributed by atoms with Gasteiger partial charge in [-0.3, -0.25) is 4.79 Å². The van der Waals surface area contributed by atoms with Crippen LogP contribution in [0.15, 0.2) is 9.42 Å². The number of hydrogen-bond donors (Lipinski definition) is 1. The first-order valence-electron chi connectivity index (χ1n) is 10.1. The van der Waals surface area contributed by atoms with Gasteiger partial charge in [0.25, 0.3) is 5.89 Å². The monoisotopic (exact) mass is 437 g/mol. The SMILES string of the molecule is CCCc1noc(C(C)OC(=O)CCNS(=O)(=O)c2c(C)c(C)c(C)c(C)c2C)n1. The summed E-state index contributed by atoms with van der Waals surface area (Å²) in [6.07, 6.45) is 0.760. The molecule has 0 aliphatic carbocycles. The number of sulfonamides is 1. The molecule has 1 atom stereocenters. The van der Waals surface area contributed by atoms with Crippen molar-refractivity contribution < 1.29 is 22.5 Å². The molecule has 0 aliphatic rings. The summed E-state index contributed by atoms with van der Waals surface area (Å²) in [5.41, 5.74) is 4.43. The Bertz CT molecular complexity index is 998. The molecule has 0 saturated carbocycles. The minimum Gasteiger partial charge on any atom is -0.452 e. The first kappa shape index (κ1) is 24.0. The number of hydrogen-bond acceptors (Lipinski definition) is 7. The van der Waals surface area contributed by atoms with E-state index in [1.807, 2.05) is 27.7 Å². The maximum Gasteiger partial charge on any atom is 0.307 e. The zero-order valence-corrected chi connectivity index (χ0v) is 19.6. The predicted molar refractivity (Wildman–Crippen MR) is 113 cm³/mol. The van der Waals surface area contributed by atoms with Gasteiger partial charge in [0.2, 0.25) is 10.0 Å². The molecule has 2 rings (SSSR count). The molecule has 1 unspecified atom stereocenters. The number of rotatable bonds is 9. The maximum atomic E-state index is 12.9. The fourth-order valence-corrected chi connectivity index (χ4v) is 4.92. The Morgan fingerprint density at radius 2 is 1.63 bits per heavy atom. The van der Waals surface area contributed by atoms with E-state index in [1.165, 1.54) is 0 Å². The van der Waals surface area contributed by atoms with Gasteiger partial charge in [-0.25, -0.2) is 13.1 Å². The van der Waals surface area contributed by atoms with Crippen molar-refractivity contribution in [2.45, 2.75) is 78.7 Å². The Morgan fingerprint density at radius 3 is 2.20 bits per heavy atom. The van der Waals surface area contributed by atoms with Crippen LogP contribution >= 0.6 is 0 Å². The van der Waals surface area contributed by atoms with E-state index in [-0.39, 0.29) is 23.8 Å². The lowest BCUT2D eigenvalue weighted by Gasteiger charge is -2.19. The number of carbonyl (C=O) groups is 1. The van der Waals surface area contributed by atoms with Gasteiger partial charge in [-0.05, 0) is 75.8 Å². The Hall–Kier alpha value is -2.26. The van der Waals surface area contributed by atoms with Crippen molar-refractivity contribution in [2.75, 3.05) is 6.54 Å². The second-order valence-corrected chi connectivity index (χ2v) is 9.24. The van der Waals surface area contributed by atoms with E-state index in [9.17, 15) is 13.2 Å². The summed E-state index contributed by atoms with van der Waals surface area (Å²) in [5.74, 6) is 0.243. The molecular weight excluding hydrogens is 406 g/mol. The van der Waals surface area contributed by atoms with Crippen LogP contribution in [0.5, 0.6) is 0 Å². The standard InChI is InChI=1S/C21H31N3O5S/c1-8-9-18-23-21(29-24-18)17(7)28-19(25)10-11-22-30(26,27)20-15(5)13(3)12(2)14(4)16(20)6/h17,22H,8-11H2,1-7H3. The highest BCUT2D eigenvalue weighted by atomic mass is 32.2. The number of carbonyl (C=O) groups excluding carboxylic acids is 1. The van der Waals surface area contributed by atoms with Crippen LogP contribution in [0.2, 0.25) is 0 Å². The Kier molecular flexibility index (Phi) is 7.76.